The fourth-order valence-electron chi connectivity index (χ4n) is 2.92. The molecule has 0 radical (unpaired) electrons. The molecule has 0 bridgehead atoms. The number of nitrogens with one attached hydrogen (secondary N) is 1. The number of carbonyl (C=O) groups excluding carboxylic acids is 2. The number of benzene rings is 1. The van der Waals surface area contributed by atoms with E-state index in [1.54, 1.807) is 4.90 Å². The van der Waals surface area contributed by atoms with Crippen LogP contribution in [0.25, 0.3) is 0 Å². The van der Waals surface area contributed by atoms with Crippen molar-refractivity contribution in [1.82, 2.24) is 9.62 Å². The van der Waals surface area contributed by atoms with Gasteiger partial charge in [-0.05, 0) is 30.9 Å². The van der Waals surface area contributed by atoms with Gasteiger partial charge in [-0.2, -0.15) is 4.72 Å². The van der Waals surface area contributed by atoms with Crippen molar-refractivity contribution in [2.75, 3.05) is 40.5 Å². The number of hydrogen-bond donors (Lipinski definition) is 1. The van der Waals surface area contributed by atoms with Crippen molar-refractivity contribution in [3.05, 3.63) is 18.2 Å². The first-order valence-electron chi connectivity index (χ1n) is 8.92. The van der Waals surface area contributed by atoms with Gasteiger partial charge in [0, 0.05) is 19.2 Å². The number of amides is 1. The average molecular weight is 414 g/mol. The van der Waals surface area contributed by atoms with Crippen LogP contribution in [0.5, 0.6) is 11.5 Å². The number of ether oxygens (including phenoxy) is 3. The van der Waals surface area contributed by atoms with Gasteiger partial charge in [-0.25, -0.2) is 8.42 Å². The van der Waals surface area contributed by atoms with Crippen LogP contribution in [0.3, 0.4) is 0 Å². The third-order valence-electron chi connectivity index (χ3n) is 4.44. The van der Waals surface area contributed by atoms with Crippen molar-refractivity contribution in [1.29, 1.82) is 0 Å². The van der Waals surface area contributed by atoms with E-state index in [-0.39, 0.29) is 16.6 Å². The van der Waals surface area contributed by atoms with Gasteiger partial charge in [0.05, 0.1) is 19.1 Å². The second kappa shape index (κ2) is 9.74. The molecule has 0 unspecified atom stereocenters. The van der Waals surface area contributed by atoms with Crippen LogP contribution in [0.4, 0.5) is 0 Å². The topological polar surface area (TPSA) is 111 Å². The normalized spacial score (nSPS) is 17.1. The molecule has 1 fully saturated rings. The van der Waals surface area contributed by atoms with Gasteiger partial charge < -0.3 is 19.1 Å². The molecule has 9 nitrogen and oxygen atoms in total. The summed E-state index contributed by atoms with van der Waals surface area (Å²) in [6.07, 6.45) is 1.99. The van der Waals surface area contributed by atoms with Gasteiger partial charge in [0.2, 0.25) is 10.0 Å². The first-order chi connectivity index (χ1) is 13.3. The SMILES string of the molecule is COc1ccc(S(=O)(=O)NCC(=O)OCC(=O)N2CCC[C@@H](C)C2)cc1OC. The van der Waals surface area contributed by atoms with Crippen molar-refractivity contribution < 1.29 is 32.2 Å². The summed E-state index contributed by atoms with van der Waals surface area (Å²) >= 11 is 0. The summed E-state index contributed by atoms with van der Waals surface area (Å²) in [4.78, 5) is 25.5. The second-order valence-electron chi connectivity index (χ2n) is 6.59. The molecule has 2 rings (SSSR count). The van der Waals surface area contributed by atoms with Gasteiger partial charge in [-0.3, -0.25) is 9.59 Å². The maximum Gasteiger partial charge on any atom is 0.321 e. The standard InChI is InChI=1S/C18H26N2O7S/c1-13-5-4-8-20(11-13)17(21)12-27-18(22)10-19-28(23,24)14-6-7-15(25-2)16(9-14)26-3/h6-7,9,13,19H,4-5,8,10-12H2,1-3H3/t13-/m1/s1. The highest BCUT2D eigenvalue weighted by molar-refractivity contribution is 7.89. The summed E-state index contributed by atoms with van der Waals surface area (Å²) in [6.45, 7) is 2.37. The Bertz CT molecular complexity index is 810. The smallest absolute Gasteiger partial charge is 0.321 e. The number of piperidine rings is 1. The zero-order valence-electron chi connectivity index (χ0n) is 16.3. The third kappa shape index (κ3) is 5.83. The van der Waals surface area contributed by atoms with Crippen LogP contribution in [-0.4, -0.2) is 65.7 Å². The third-order valence-corrected chi connectivity index (χ3v) is 5.84. The summed E-state index contributed by atoms with van der Waals surface area (Å²) in [5.74, 6) is -0.0625. The zero-order valence-corrected chi connectivity index (χ0v) is 17.1. The van der Waals surface area contributed by atoms with Gasteiger partial charge in [0.1, 0.15) is 6.54 Å². The summed E-state index contributed by atoms with van der Waals surface area (Å²) in [5.41, 5.74) is 0. The predicted octanol–water partition coefficient (Wildman–Crippen LogP) is 0.784. The van der Waals surface area contributed by atoms with E-state index in [1.165, 1.54) is 32.4 Å². The largest absolute Gasteiger partial charge is 0.493 e. The molecule has 1 aromatic rings. The number of sulfonamides is 1. The van der Waals surface area contributed by atoms with E-state index in [2.05, 4.69) is 11.6 Å². The highest BCUT2D eigenvalue weighted by Gasteiger charge is 2.23. The minimum atomic E-state index is -3.96. The lowest BCUT2D eigenvalue weighted by Gasteiger charge is -2.30. The Kier molecular flexibility index (Phi) is 7.64. The number of hydrogen-bond acceptors (Lipinski definition) is 7. The molecule has 1 N–H and O–H groups in total. The Hall–Kier alpha value is -2.33. The molecule has 156 valence electrons. The maximum atomic E-state index is 12.3. The first-order valence-corrected chi connectivity index (χ1v) is 10.4. The molecule has 10 heteroatoms. The van der Waals surface area contributed by atoms with E-state index in [0.717, 1.165) is 12.8 Å². The van der Waals surface area contributed by atoms with Crippen LogP contribution in [0.2, 0.25) is 0 Å². The summed E-state index contributed by atoms with van der Waals surface area (Å²) < 4.78 is 41.9. The van der Waals surface area contributed by atoms with Crippen molar-refractivity contribution in [3.63, 3.8) is 0 Å². The van der Waals surface area contributed by atoms with E-state index in [0.29, 0.717) is 24.8 Å². The molecule has 1 aliphatic rings. The second-order valence-corrected chi connectivity index (χ2v) is 8.36. The predicted molar refractivity (Wildman–Crippen MR) is 101 cm³/mol. The molecule has 1 aliphatic heterocycles. The molecule has 0 saturated carbocycles. The van der Waals surface area contributed by atoms with Crippen LogP contribution in [0, 0.1) is 5.92 Å². The number of nitrogens with zero attached hydrogens (tertiary/aromatic N) is 1. The van der Waals surface area contributed by atoms with Crippen LogP contribution >= 0.6 is 0 Å². The van der Waals surface area contributed by atoms with Crippen molar-refractivity contribution in [2.45, 2.75) is 24.7 Å². The lowest BCUT2D eigenvalue weighted by Crippen LogP contribution is -2.42. The Labute approximate surface area is 165 Å². The lowest BCUT2D eigenvalue weighted by molar-refractivity contribution is -0.151. The van der Waals surface area contributed by atoms with Gasteiger partial charge in [0.15, 0.2) is 18.1 Å². The Morgan fingerprint density at radius 1 is 1.21 bits per heavy atom. The Morgan fingerprint density at radius 3 is 2.57 bits per heavy atom. The maximum absolute atomic E-state index is 12.3. The Balaban J connectivity index is 1.86. The number of rotatable bonds is 8. The molecule has 1 aromatic carbocycles. The zero-order chi connectivity index (χ0) is 20.7. The highest BCUT2D eigenvalue weighted by Crippen LogP contribution is 2.29. The summed E-state index contributed by atoms with van der Waals surface area (Å²) in [5, 5.41) is 0. The van der Waals surface area contributed by atoms with Gasteiger partial charge in [-0.15, -0.1) is 0 Å². The van der Waals surface area contributed by atoms with Gasteiger partial charge >= 0.3 is 5.97 Å². The fourth-order valence-corrected chi connectivity index (χ4v) is 3.91. The van der Waals surface area contributed by atoms with E-state index >= 15 is 0 Å². The van der Waals surface area contributed by atoms with E-state index in [9.17, 15) is 18.0 Å². The fraction of sp³-hybridized carbons (Fsp3) is 0.556. The average Bonchev–Trinajstić information content (AvgIpc) is 2.69. The molecular formula is C18H26N2O7S. The number of methoxy groups -OCH3 is 2. The molecule has 0 aliphatic carbocycles. The minimum absolute atomic E-state index is 0.0867. The van der Waals surface area contributed by atoms with Crippen molar-refractivity contribution in [2.24, 2.45) is 5.92 Å². The Morgan fingerprint density at radius 2 is 1.93 bits per heavy atom. The molecule has 1 amide bonds. The monoisotopic (exact) mass is 414 g/mol. The van der Waals surface area contributed by atoms with Crippen LogP contribution in [0.15, 0.2) is 23.1 Å². The summed E-state index contributed by atoms with van der Waals surface area (Å²) in [6, 6.07) is 4.06. The molecule has 0 spiro atoms. The molecule has 1 heterocycles. The molecule has 0 aromatic heterocycles. The van der Waals surface area contributed by atoms with Crippen molar-refractivity contribution >= 4 is 21.9 Å². The molecular weight excluding hydrogens is 388 g/mol. The van der Waals surface area contributed by atoms with E-state index < -0.39 is 29.1 Å². The molecule has 1 atom stereocenters. The van der Waals surface area contributed by atoms with E-state index in [4.69, 9.17) is 14.2 Å². The van der Waals surface area contributed by atoms with Crippen LogP contribution in [0.1, 0.15) is 19.8 Å². The van der Waals surface area contributed by atoms with Gasteiger partial charge in [-0.1, -0.05) is 6.92 Å². The summed E-state index contributed by atoms with van der Waals surface area (Å²) in [7, 11) is -1.14. The van der Waals surface area contributed by atoms with Gasteiger partial charge in [0.25, 0.3) is 5.91 Å². The van der Waals surface area contributed by atoms with E-state index in [1.807, 2.05) is 0 Å². The highest BCUT2D eigenvalue weighted by atomic mass is 32.2. The molecule has 28 heavy (non-hydrogen) atoms. The molecule has 1 saturated heterocycles. The number of carbonyl (C=O) groups is 2. The van der Waals surface area contributed by atoms with Crippen LogP contribution < -0.4 is 14.2 Å². The lowest BCUT2D eigenvalue weighted by atomic mass is 10.0. The number of likely N-dealkylation sites (tertiary alicyclic amines) is 1. The van der Waals surface area contributed by atoms with Crippen molar-refractivity contribution in [3.8, 4) is 11.5 Å². The minimum Gasteiger partial charge on any atom is -0.493 e. The van der Waals surface area contributed by atoms with Crippen LogP contribution in [-0.2, 0) is 24.3 Å². The number of esters is 1. The quantitative estimate of drug-likeness (QED) is 0.626. The first kappa shape index (κ1) is 22.0.